The first-order valence-corrected chi connectivity index (χ1v) is 15.5. The molecule has 0 saturated heterocycles. The van der Waals surface area contributed by atoms with Gasteiger partial charge in [-0.1, -0.05) is 33.9 Å². The summed E-state index contributed by atoms with van der Waals surface area (Å²) in [5.41, 5.74) is 3.62. The minimum absolute atomic E-state index is 0.235. The second-order valence-electron chi connectivity index (χ2n) is 10.7. The van der Waals surface area contributed by atoms with Crippen LogP contribution in [0.5, 0.6) is 0 Å². The van der Waals surface area contributed by atoms with Crippen molar-refractivity contribution < 1.29 is 40.1 Å². The zero-order valence-electron chi connectivity index (χ0n) is 24.4. The molecule has 1 aliphatic rings. The Morgan fingerprint density at radius 3 is 2.38 bits per heavy atom. The van der Waals surface area contributed by atoms with Crippen molar-refractivity contribution in [2.24, 2.45) is 0 Å². The Labute approximate surface area is 264 Å². The predicted octanol–water partition coefficient (Wildman–Crippen LogP) is 5.72. The summed E-state index contributed by atoms with van der Waals surface area (Å²) in [6, 6.07) is 18.5. The number of anilines is 1. The molecule has 1 aliphatic heterocycles. The van der Waals surface area contributed by atoms with Crippen molar-refractivity contribution in [1.29, 1.82) is 0 Å². The van der Waals surface area contributed by atoms with E-state index in [1.54, 1.807) is 24.3 Å². The number of carbonyl (C=O) groups is 1. The number of hydrogen-bond acceptors (Lipinski definition) is 8. The number of nitrogens with zero attached hydrogens (tertiary/aromatic N) is 4. The van der Waals surface area contributed by atoms with Gasteiger partial charge in [-0.3, -0.25) is 9.36 Å². The zero-order valence-corrected chi connectivity index (χ0v) is 25.3. The fourth-order valence-electron chi connectivity index (χ4n) is 5.20. The molecule has 47 heavy (non-hydrogen) atoms. The van der Waals surface area contributed by atoms with Gasteiger partial charge in [0.1, 0.15) is 12.1 Å². The van der Waals surface area contributed by atoms with Crippen molar-refractivity contribution in [1.82, 2.24) is 14.6 Å². The van der Waals surface area contributed by atoms with Crippen LogP contribution >= 0.6 is 0 Å². The Bertz CT molecular complexity index is 2180. The first-order chi connectivity index (χ1) is 22.3. The van der Waals surface area contributed by atoms with Crippen LogP contribution in [0.25, 0.3) is 33.3 Å². The van der Waals surface area contributed by atoms with Gasteiger partial charge in [0.05, 0.1) is 16.1 Å². The van der Waals surface area contributed by atoms with Gasteiger partial charge in [0.15, 0.2) is 0 Å². The average Bonchev–Trinajstić information content (AvgIpc) is 3.58. The number of alkyl halides is 3. The van der Waals surface area contributed by atoms with E-state index in [-0.39, 0.29) is 15.7 Å². The highest BCUT2D eigenvalue weighted by molar-refractivity contribution is 7.92. The lowest BCUT2D eigenvalue weighted by atomic mass is 9.93. The lowest BCUT2D eigenvalue weighted by Crippen LogP contribution is -2.39. The van der Waals surface area contributed by atoms with Gasteiger partial charge in [-0.25, -0.2) is 9.18 Å². The molecule has 0 spiro atoms. The Kier molecular flexibility index (Phi) is 8.19. The second-order valence-corrected chi connectivity index (χ2v) is 12.4. The van der Waals surface area contributed by atoms with Crippen molar-refractivity contribution in [2.75, 3.05) is 24.6 Å². The van der Waals surface area contributed by atoms with Gasteiger partial charge in [0.2, 0.25) is 5.82 Å². The molecule has 3 aromatic carbocycles. The molecule has 0 fully saturated rings. The summed E-state index contributed by atoms with van der Waals surface area (Å²) in [7, 11) is -3.00. The SMILES string of the molecule is CN1CC=C(c2cc(-c3ccc(F)cc3)ccc2-n2c(=O)ccc3cc(S(=O)(=O)N(OC(=O)C(F)(F)F)c4ccon4)ccc32)CC1. The summed E-state index contributed by atoms with van der Waals surface area (Å²) in [4.78, 5) is 30.9. The third-order valence-electron chi connectivity index (χ3n) is 7.56. The van der Waals surface area contributed by atoms with Gasteiger partial charge >= 0.3 is 12.1 Å². The quantitative estimate of drug-likeness (QED) is 0.160. The minimum atomic E-state index is -5.51. The average molecular weight is 669 g/mol. The number of benzene rings is 3. The van der Waals surface area contributed by atoms with Crippen LogP contribution in [0, 0.1) is 5.82 Å². The van der Waals surface area contributed by atoms with Gasteiger partial charge in [-0.2, -0.15) is 21.6 Å². The standard InChI is InChI=1S/C32H24F4N4O6S/c1-38-15-12-21(13-16-38)26-19-22(20-2-6-24(33)7-3-20)4-9-28(26)39-27-10-8-25(18-23(27)5-11-30(39)41)47(43,44)40(29-14-17-45-37-29)46-31(42)32(34,35)36/h2-12,14,17-19H,13,15-16H2,1H3. The number of hydrogen-bond donors (Lipinski definition) is 0. The van der Waals surface area contributed by atoms with E-state index in [0.717, 1.165) is 53.3 Å². The van der Waals surface area contributed by atoms with Gasteiger partial charge in [-0.05, 0) is 78.7 Å². The molecular weight excluding hydrogens is 644 g/mol. The van der Waals surface area contributed by atoms with Crippen LogP contribution in [0.1, 0.15) is 12.0 Å². The van der Waals surface area contributed by atoms with Crippen molar-refractivity contribution in [3.63, 3.8) is 0 Å². The first kappa shape index (κ1) is 31.7. The van der Waals surface area contributed by atoms with E-state index >= 15 is 0 Å². The summed E-state index contributed by atoms with van der Waals surface area (Å²) >= 11 is 0. The summed E-state index contributed by atoms with van der Waals surface area (Å²) in [6.45, 7) is 1.43. The molecule has 0 unspecified atom stereocenters. The van der Waals surface area contributed by atoms with Crippen LogP contribution in [0.3, 0.4) is 0 Å². The highest BCUT2D eigenvalue weighted by Crippen LogP contribution is 2.34. The molecular formula is C32H24F4N4O6S. The number of aromatic nitrogens is 2. The van der Waals surface area contributed by atoms with E-state index in [0.29, 0.717) is 24.2 Å². The van der Waals surface area contributed by atoms with E-state index < -0.39 is 38.4 Å². The fourth-order valence-corrected chi connectivity index (χ4v) is 6.41. The number of sulfonamides is 1. The summed E-state index contributed by atoms with van der Waals surface area (Å²) < 4.78 is 85.5. The maximum absolute atomic E-state index is 13.6. The van der Waals surface area contributed by atoms with Crippen LogP contribution in [0.15, 0.2) is 105 Å². The monoisotopic (exact) mass is 668 g/mol. The maximum Gasteiger partial charge on any atom is 0.493 e. The van der Waals surface area contributed by atoms with Crippen molar-refractivity contribution in [3.8, 4) is 16.8 Å². The summed E-state index contributed by atoms with van der Waals surface area (Å²) in [6.07, 6.45) is -1.90. The molecule has 0 saturated carbocycles. The Balaban J connectivity index is 1.48. The number of fused-ring (bicyclic) bond motifs is 1. The van der Waals surface area contributed by atoms with E-state index in [4.69, 9.17) is 0 Å². The molecule has 2 aromatic heterocycles. The molecule has 242 valence electrons. The molecule has 0 N–H and O–H groups in total. The van der Waals surface area contributed by atoms with Crippen LogP contribution in [0.4, 0.5) is 23.4 Å². The molecule has 0 radical (unpaired) electrons. The van der Waals surface area contributed by atoms with Gasteiger partial charge in [0.25, 0.3) is 15.6 Å². The third-order valence-corrected chi connectivity index (χ3v) is 9.11. The van der Waals surface area contributed by atoms with Crippen molar-refractivity contribution in [3.05, 3.63) is 113 Å². The van der Waals surface area contributed by atoms with Crippen LogP contribution in [0.2, 0.25) is 0 Å². The van der Waals surface area contributed by atoms with Crippen molar-refractivity contribution >= 4 is 38.3 Å². The number of likely N-dealkylation sites (N-methyl/N-ethyl adjacent to an activating group) is 1. The predicted molar refractivity (Wildman–Crippen MR) is 163 cm³/mol. The molecule has 6 rings (SSSR count). The van der Waals surface area contributed by atoms with E-state index in [2.05, 4.69) is 25.5 Å². The normalized spacial score (nSPS) is 14.2. The number of carbonyl (C=O) groups excluding carboxylic acids is 1. The number of pyridine rings is 1. The van der Waals surface area contributed by atoms with Crippen LogP contribution < -0.4 is 10.0 Å². The lowest BCUT2D eigenvalue weighted by Gasteiger charge is -2.25. The maximum atomic E-state index is 13.6. The molecule has 0 atom stereocenters. The van der Waals surface area contributed by atoms with Gasteiger partial charge < -0.3 is 14.3 Å². The second kappa shape index (κ2) is 12.1. The van der Waals surface area contributed by atoms with E-state index in [1.807, 2.05) is 13.1 Å². The van der Waals surface area contributed by atoms with Gasteiger partial charge in [-0.15, -0.1) is 0 Å². The number of halogens is 4. The molecule has 3 heterocycles. The third kappa shape index (κ3) is 6.26. The fraction of sp³-hybridized carbons (Fsp3) is 0.156. The molecule has 0 bridgehead atoms. The topological polar surface area (TPSA) is 115 Å². The van der Waals surface area contributed by atoms with Crippen LogP contribution in [-0.2, 0) is 19.7 Å². The van der Waals surface area contributed by atoms with E-state index in [1.165, 1.54) is 34.9 Å². The number of rotatable bonds is 7. The molecule has 15 heteroatoms. The Morgan fingerprint density at radius 1 is 0.979 bits per heavy atom. The molecule has 0 amide bonds. The highest BCUT2D eigenvalue weighted by atomic mass is 32.2. The van der Waals surface area contributed by atoms with Gasteiger partial charge in [0, 0.05) is 36.2 Å². The smallest absolute Gasteiger partial charge is 0.362 e. The van der Waals surface area contributed by atoms with E-state index in [9.17, 15) is 35.6 Å². The zero-order chi connectivity index (χ0) is 33.5. The minimum Gasteiger partial charge on any atom is -0.362 e. The largest absolute Gasteiger partial charge is 0.493 e. The Hall–Kier alpha value is -5.28. The summed E-state index contributed by atoms with van der Waals surface area (Å²) in [5.74, 6) is -3.90. The van der Waals surface area contributed by atoms with Crippen LogP contribution in [-0.4, -0.2) is 55.3 Å². The van der Waals surface area contributed by atoms with Crippen molar-refractivity contribution in [2.45, 2.75) is 17.5 Å². The Morgan fingerprint density at radius 2 is 1.72 bits per heavy atom. The molecule has 10 nitrogen and oxygen atoms in total. The highest BCUT2D eigenvalue weighted by Gasteiger charge is 2.45. The lowest BCUT2D eigenvalue weighted by molar-refractivity contribution is -0.199. The first-order valence-electron chi connectivity index (χ1n) is 14.0. The molecule has 0 aliphatic carbocycles. The summed E-state index contributed by atoms with van der Waals surface area (Å²) in [5, 5.41) is 3.55. The molecule has 5 aromatic rings.